The molecule has 0 amide bonds. The molecule has 0 heterocycles. The fourth-order valence-electron chi connectivity index (χ4n) is 0.827. The fraction of sp³-hybridized carbons (Fsp3) is 0.778. The van der Waals surface area contributed by atoms with Crippen LogP contribution in [0.15, 0.2) is 0 Å². The van der Waals surface area contributed by atoms with Crippen LogP contribution in [0.4, 0.5) is 0 Å². The van der Waals surface area contributed by atoms with Crippen molar-refractivity contribution in [1.82, 2.24) is 5.32 Å². The minimum Gasteiger partial charge on any atom is -0.481 e. The number of carboxylic acid groups (broad SMARTS) is 2. The number of rotatable bonds is 6. The van der Waals surface area contributed by atoms with E-state index in [1.54, 1.807) is 6.92 Å². The van der Waals surface area contributed by atoms with Gasteiger partial charge in [0.1, 0.15) is 6.04 Å². The van der Waals surface area contributed by atoms with Crippen LogP contribution in [0.25, 0.3) is 0 Å². The van der Waals surface area contributed by atoms with E-state index in [2.05, 4.69) is 5.32 Å². The largest absolute Gasteiger partial charge is 0.481 e. The number of hydrogen-bond donors (Lipinski definition) is 3. The second-order valence-corrected chi connectivity index (χ2v) is 2.38. The molecule has 0 saturated heterocycles. The van der Waals surface area contributed by atoms with Crippen LogP contribution in [0.2, 0.25) is 0 Å². The van der Waals surface area contributed by atoms with Crippen molar-refractivity contribution in [2.45, 2.75) is 39.7 Å². The third kappa shape index (κ3) is 8.99. The van der Waals surface area contributed by atoms with E-state index < -0.39 is 18.0 Å². The molecule has 0 spiro atoms. The third-order valence-corrected chi connectivity index (χ3v) is 1.40. The Hall–Kier alpha value is -1.10. The molecule has 1 unspecified atom stereocenters. The highest BCUT2D eigenvalue weighted by Crippen LogP contribution is 1.97. The molecule has 0 aromatic carbocycles. The maximum absolute atomic E-state index is 10.4. The number of carboxylic acids is 2. The van der Waals surface area contributed by atoms with Crippen LogP contribution in [0.3, 0.4) is 0 Å². The first-order chi connectivity index (χ1) is 6.57. The molecule has 84 valence electrons. The molecule has 0 radical (unpaired) electrons. The van der Waals surface area contributed by atoms with Gasteiger partial charge in [-0.1, -0.05) is 20.8 Å². The standard InChI is InChI=1S/C7H13NO4.C2H6/c1-2-8-5(7(11)12)3-4-6(9)10;1-2/h5,8H,2-4H2,1H3,(H,9,10)(H,11,12);1-2H3. The molecular formula is C9H19NO4. The second-order valence-electron chi connectivity index (χ2n) is 2.38. The minimum atomic E-state index is -1.00. The summed E-state index contributed by atoms with van der Waals surface area (Å²) >= 11 is 0. The van der Waals surface area contributed by atoms with Gasteiger partial charge >= 0.3 is 11.9 Å². The highest BCUT2D eigenvalue weighted by molar-refractivity contribution is 5.75. The third-order valence-electron chi connectivity index (χ3n) is 1.40. The van der Waals surface area contributed by atoms with Crippen LogP contribution >= 0.6 is 0 Å². The molecule has 0 fully saturated rings. The Labute approximate surface area is 84.1 Å². The maximum atomic E-state index is 10.4. The van der Waals surface area contributed by atoms with E-state index in [0.717, 1.165) is 0 Å². The second kappa shape index (κ2) is 9.98. The van der Waals surface area contributed by atoms with Gasteiger partial charge in [-0.25, -0.2) is 0 Å². The lowest BCUT2D eigenvalue weighted by Gasteiger charge is -2.10. The average Bonchev–Trinajstić information content (AvgIpc) is 2.14. The van der Waals surface area contributed by atoms with E-state index in [9.17, 15) is 9.59 Å². The quantitative estimate of drug-likeness (QED) is 0.600. The molecular weight excluding hydrogens is 186 g/mol. The Bertz CT molecular complexity index is 170. The highest BCUT2D eigenvalue weighted by Gasteiger charge is 2.16. The lowest BCUT2D eigenvalue weighted by Crippen LogP contribution is -2.36. The molecule has 0 aromatic rings. The zero-order valence-corrected chi connectivity index (χ0v) is 8.91. The van der Waals surface area contributed by atoms with Crippen molar-refractivity contribution in [3.8, 4) is 0 Å². The predicted octanol–water partition coefficient (Wildman–Crippen LogP) is 0.940. The van der Waals surface area contributed by atoms with Crippen molar-refractivity contribution >= 4 is 11.9 Å². The fourth-order valence-corrected chi connectivity index (χ4v) is 0.827. The maximum Gasteiger partial charge on any atom is 0.320 e. The van der Waals surface area contributed by atoms with Gasteiger partial charge in [-0.15, -0.1) is 0 Å². The van der Waals surface area contributed by atoms with Crippen LogP contribution in [-0.4, -0.2) is 34.7 Å². The van der Waals surface area contributed by atoms with E-state index in [1.165, 1.54) is 0 Å². The van der Waals surface area contributed by atoms with Crippen LogP contribution in [-0.2, 0) is 9.59 Å². The molecule has 0 aromatic heterocycles. The van der Waals surface area contributed by atoms with Gasteiger partial charge in [0, 0.05) is 6.42 Å². The SMILES string of the molecule is CC.CCNC(CCC(=O)O)C(=O)O. The number of hydrogen-bond acceptors (Lipinski definition) is 3. The molecule has 3 N–H and O–H groups in total. The van der Waals surface area contributed by atoms with Crippen LogP contribution in [0, 0.1) is 0 Å². The van der Waals surface area contributed by atoms with E-state index in [4.69, 9.17) is 10.2 Å². The normalized spacial score (nSPS) is 11.1. The van der Waals surface area contributed by atoms with Crippen LogP contribution in [0.1, 0.15) is 33.6 Å². The first-order valence-corrected chi connectivity index (χ1v) is 4.76. The van der Waals surface area contributed by atoms with Gasteiger partial charge in [0.2, 0.25) is 0 Å². The summed E-state index contributed by atoms with van der Waals surface area (Å²) in [7, 11) is 0. The molecule has 14 heavy (non-hydrogen) atoms. The van der Waals surface area contributed by atoms with Gasteiger partial charge < -0.3 is 15.5 Å². The van der Waals surface area contributed by atoms with E-state index in [1.807, 2.05) is 13.8 Å². The Balaban J connectivity index is 0. The number of carbonyl (C=O) groups is 2. The number of nitrogens with one attached hydrogen (secondary N) is 1. The van der Waals surface area contributed by atoms with Crippen molar-refractivity contribution in [3.63, 3.8) is 0 Å². The summed E-state index contributed by atoms with van der Waals surface area (Å²) < 4.78 is 0. The van der Waals surface area contributed by atoms with Gasteiger partial charge in [-0.2, -0.15) is 0 Å². The van der Waals surface area contributed by atoms with Gasteiger partial charge in [-0.05, 0) is 13.0 Å². The summed E-state index contributed by atoms with van der Waals surface area (Å²) in [5.41, 5.74) is 0. The molecule has 5 nitrogen and oxygen atoms in total. The van der Waals surface area contributed by atoms with Gasteiger partial charge in [0.25, 0.3) is 0 Å². The van der Waals surface area contributed by atoms with Crippen molar-refractivity contribution in [2.24, 2.45) is 0 Å². The Morgan fingerprint density at radius 3 is 2.07 bits per heavy atom. The molecule has 0 saturated carbocycles. The number of likely N-dealkylation sites (N-methyl/N-ethyl adjacent to an activating group) is 1. The average molecular weight is 205 g/mol. The lowest BCUT2D eigenvalue weighted by atomic mass is 10.1. The number of aliphatic carboxylic acids is 2. The zero-order valence-electron chi connectivity index (χ0n) is 8.91. The smallest absolute Gasteiger partial charge is 0.320 e. The Kier molecular flexibility index (Phi) is 11.0. The molecule has 0 aliphatic rings. The summed E-state index contributed by atoms with van der Waals surface area (Å²) in [5, 5.41) is 19.5. The molecule has 0 bridgehead atoms. The molecule has 1 atom stereocenters. The summed E-state index contributed by atoms with van der Waals surface area (Å²) in [6.45, 7) is 6.30. The van der Waals surface area contributed by atoms with Gasteiger partial charge in [0.05, 0.1) is 0 Å². The first-order valence-electron chi connectivity index (χ1n) is 4.76. The first kappa shape index (κ1) is 15.4. The van der Waals surface area contributed by atoms with Crippen molar-refractivity contribution in [1.29, 1.82) is 0 Å². The van der Waals surface area contributed by atoms with Crippen molar-refractivity contribution < 1.29 is 19.8 Å². The van der Waals surface area contributed by atoms with E-state index >= 15 is 0 Å². The van der Waals surface area contributed by atoms with Gasteiger partial charge in [-0.3, -0.25) is 9.59 Å². The Morgan fingerprint density at radius 1 is 1.29 bits per heavy atom. The van der Waals surface area contributed by atoms with Crippen molar-refractivity contribution in [2.75, 3.05) is 6.54 Å². The topological polar surface area (TPSA) is 86.6 Å². The van der Waals surface area contributed by atoms with Gasteiger partial charge in [0.15, 0.2) is 0 Å². The molecule has 5 heteroatoms. The Morgan fingerprint density at radius 2 is 1.79 bits per heavy atom. The molecule has 0 rings (SSSR count). The molecule has 0 aliphatic heterocycles. The zero-order chi connectivity index (χ0) is 11.6. The van der Waals surface area contributed by atoms with Crippen molar-refractivity contribution in [3.05, 3.63) is 0 Å². The highest BCUT2D eigenvalue weighted by atomic mass is 16.4. The summed E-state index contributed by atoms with van der Waals surface area (Å²) in [6.07, 6.45) is 0.00245. The monoisotopic (exact) mass is 205 g/mol. The minimum absolute atomic E-state index is 0.121. The molecule has 0 aliphatic carbocycles. The summed E-state index contributed by atoms with van der Waals surface area (Å²) in [6, 6.07) is -0.744. The van der Waals surface area contributed by atoms with Crippen LogP contribution < -0.4 is 5.32 Å². The summed E-state index contributed by atoms with van der Waals surface area (Å²) in [4.78, 5) is 20.6. The summed E-state index contributed by atoms with van der Waals surface area (Å²) in [5.74, 6) is -1.97. The lowest BCUT2D eigenvalue weighted by molar-refractivity contribution is -0.140. The van der Waals surface area contributed by atoms with E-state index in [-0.39, 0.29) is 12.8 Å². The van der Waals surface area contributed by atoms with Crippen LogP contribution in [0.5, 0.6) is 0 Å². The predicted molar refractivity (Wildman–Crippen MR) is 53.3 cm³/mol. The van der Waals surface area contributed by atoms with E-state index in [0.29, 0.717) is 6.54 Å².